The lowest BCUT2D eigenvalue weighted by atomic mass is 10.0. The third-order valence-corrected chi connectivity index (χ3v) is 5.93. The van der Waals surface area contributed by atoms with Gasteiger partial charge in [-0.15, -0.1) is 0 Å². The predicted molar refractivity (Wildman–Crippen MR) is 131 cm³/mol. The number of fused-ring (bicyclic) bond motifs is 1. The highest BCUT2D eigenvalue weighted by molar-refractivity contribution is 5.91. The van der Waals surface area contributed by atoms with Crippen molar-refractivity contribution in [2.45, 2.75) is 46.1 Å². The molecule has 1 saturated heterocycles. The van der Waals surface area contributed by atoms with Gasteiger partial charge in [0, 0.05) is 37.1 Å². The fraction of sp³-hybridized carbons (Fsp3) is 0.423. The van der Waals surface area contributed by atoms with E-state index in [4.69, 9.17) is 9.72 Å². The zero-order valence-electron chi connectivity index (χ0n) is 19.7. The van der Waals surface area contributed by atoms with Crippen LogP contribution in [0.4, 0.5) is 19.4 Å². The van der Waals surface area contributed by atoms with Gasteiger partial charge in [-0.1, -0.05) is 44.2 Å². The number of anilines is 1. The average Bonchev–Trinajstić information content (AvgIpc) is 2.82. The molecule has 0 atom stereocenters. The number of halogens is 2. The number of rotatable bonds is 6. The van der Waals surface area contributed by atoms with E-state index in [2.05, 4.69) is 15.2 Å². The number of hydrogen-bond acceptors (Lipinski definition) is 5. The van der Waals surface area contributed by atoms with Crippen molar-refractivity contribution in [3.05, 3.63) is 53.6 Å². The van der Waals surface area contributed by atoms with Crippen molar-refractivity contribution in [3.8, 4) is 11.4 Å². The van der Waals surface area contributed by atoms with Crippen molar-refractivity contribution in [3.63, 3.8) is 0 Å². The van der Waals surface area contributed by atoms with Crippen LogP contribution in [0.25, 0.3) is 22.3 Å². The lowest BCUT2D eigenvalue weighted by molar-refractivity contribution is 0.127. The number of hydrogen-bond donors (Lipinski definition) is 1. The van der Waals surface area contributed by atoms with Gasteiger partial charge in [0.2, 0.25) is 0 Å². The molecular weight excluding hydrogens is 438 g/mol. The summed E-state index contributed by atoms with van der Waals surface area (Å²) in [6.45, 7) is 7.69. The highest BCUT2D eigenvalue weighted by Gasteiger charge is 2.25. The maximum atomic E-state index is 13.7. The van der Waals surface area contributed by atoms with Gasteiger partial charge in [0.25, 0.3) is 6.43 Å². The topological polar surface area (TPSA) is 67.4 Å². The Bertz CT molecular complexity index is 1170. The zero-order valence-corrected chi connectivity index (χ0v) is 19.7. The number of aryl methyl sites for hydroxylation is 1. The summed E-state index contributed by atoms with van der Waals surface area (Å²) in [5, 5.41) is 3.83. The van der Waals surface area contributed by atoms with Gasteiger partial charge in [0.05, 0.1) is 12.1 Å². The van der Waals surface area contributed by atoms with Crippen LogP contribution in [0, 0.1) is 12.8 Å². The smallest absolute Gasteiger partial charge is 0.407 e. The fourth-order valence-electron chi connectivity index (χ4n) is 4.16. The zero-order chi connectivity index (χ0) is 24.2. The summed E-state index contributed by atoms with van der Waals surface area (Å²) in [4.78, 5) is 23.6. The Kier molecular flexibility index (Phi) is 7.24. The number of carbonyl (C=O) groups excluding carboxylic acids is 1. The normalized spacial score (nSPS) is 14.7. The summed E-state index contributed by atoms with van der Waals surface area (Å²) in [5.41, 5.74) is 2.02. The van der Waals surface area contributed by atoms with Crippen LogP contribution in [0.1, 0.15) is 45.7 Å². The van der Waals surface area contributed by atoms with Gasteiger partial charge in [0.1, 0.15) is 5.82 Å². The largest absolute Gasteiger partial charge is 0.449 e. The Morgan fingerprint density at radius 3 is 2.62 bits per heavy atom. The number of alkyl carbamates (subject to hydrolysis) is 1. The first-order valence-corrected chi connectivity index (χ1v) is 11.7. The van der Waals surface area contributed by atoms with Crippen LogP contribution >= 0.6 is 0 Å². The fourth-order valence-corrected chi connectivity index (χ4v) is 4.16. The second kappa shape index (κ2) is 10.3. The Labute approximate surface area is 199 Å². The minimum Gasteiger partial charge on any atom is -0.449 e. The number of alkyl halides is 2. The molecule has 0 aliphatic carbocycles. The minimum absolute atomic E-state index is 0. The Balaban J connectivity index is 0.00000342. The van der Waals surface area contributed by atoms with Gasteiger partial charge < -0.3 is 15.0 Å². The summed E-state index contributed by atoms with van der Waals surface area (Å²) in [6, 6.07) is 12.3. The summed E-state index contributed by atoms with van der Waals surface area (Å²) < 4.78 is 32.6. The Morgan fingerprint density at radius 2 is 1.91 bits per heavy atom. The number of nitrogens with zero attached hydrogens (tertiary/aromatic N) is 3. The molecule has 1 aliphatic heterocycles. The minimum atomic E-state index is -2.62. The average molecular weight is 471 g/mol. The van der Waals surface area contributed by atoms with E-state index in [0.717, 1.165) is 35.1 Å². The van der Waals surface area contributed by atoms with Gasteiger partial charge in [-0.2, -0.15) is 0 Å². The second-order valence-corrected chi connectivity index (χ2v) is 9.18. The summed E-state index contributed by atoms with van der Waals surface area (Å²) in [6.07, 6.45) is -1.54. The lowest BCUT2D eigenvalue weighted by Crippen LogP contribution is -2.45. The van der Waals surface area contributed by atoms with E-state index < -0.39 is 6.43 Å². The van der Waals surface area contributed by atoms with Crippen molar-refractivity contribution in [1.29, 1.82) is 0 Å². The molecule has 3 aromatic rings. The van der Waals surface area contributed by atoms with Crippen LogP contribution in [0.2, 0.25) is 0 Å². The molecule has 0 saturated carbocycles. The second-order valence-electron chi connectivity index (χ2n) is 9.18. The van der Waals surface area contributed by atoms with Gasteiger partial charge in [-0.25, -0.2) is 23.5 Å². The SMILES string of the molecule is Cc1ccc2c(N3CCC(NC(=O)OCC(C)C)CC3)nc(-c3ccccc3C(F)F)nc2c1.[HH]. The van der Waals surface area contributed by atoms with Gasteiger partial charge in [-0.05, 0) is 43.4 Å². The maximum Gasteiger partial charge on any atom is 0.407 e. The number of carbonyl (C=O) groups is 1. The van der Waals surface area contributed by atoms with Crippen LogP contribution in [0.3, 0.4) is 0 Å². The van der Waals surface area contributed by atoms with Crippen LogP contribution in [0.5, 0.6) is 0 Å². The highest BCUT2D eigenvalue weighted by Crippen LogP contribution is 2.34. The van der Waals surface area contributed by atoms with Crippen molar-refractivity contribution in [2.75, 3.05) is 24.6 Å². The van der Waals surface area contributed by atoms with Crippen LogP contribution < -0.4 is 10.2 Å². The lowest BCUT2D eigenvalue weighted by Gasteiger charge is -2.33. The van der Waals surface area contributed by atoms with Gasteiger partial charge >= 0.3 is 6.09 Å². The number of aromatic nitrogens is 2. The standard InChI is InChI=1S/C26H30F2N4O2.H2/c1-16(2)15-34-26(33)29-18-10-12-32(13-11-18)25-21-9-8-17(3)14-22(21)30-24(31-25)20-7-5-4-6-19(20)23(27)28;/h4-9,14,16,18,23H,10-13,15H2,1-3H3,(H,29,33);1H. The molecule has 1 amide bonds. The van der Waals surface area contributed by atoms with Gasteiger partial charge in [0.15, 0.2) is 5.82 Å². The number of nitrogens with one attached hydrogen (secondary N) is 1. The summed E-state index contributed by atoms with van der Waals surface area (Å²) in [5.74, 6) is 1.30. The maximum absolute atomic E-state index is 13.7. The van der Waals surface area contributed by atoms with Crippen molar-refractivity contribution in [2.24, 2.45) is 5.92 Å². The van der Waals surface area contributed by atoms with Crippen LogP contribution in [-0.2, 0) is 4.74 Å². The van der Waals surface area contributed by atoms with E-state index in [1.54, 1.807) is 18.2 Å². The van der Waals surface area contributed by atoms with E-state index in [1.165, 1.54) is 6.07 Å². The number of amides is 1. The molecule has 182 valence electrons. The molecule has 0 bridgehead atoms. The molecule has 1 aliphatic rings. The third kappa shape index (κ3) is 5.43. The molecule has 6 nitrogen and oxygen atoms in total. The molecule has 4 rings (SSSR count). The van der Waals surface area contributed by atoms with E-state index in [0.29, 0.717) is 31.1 Å². The van der Waals surface area contributed by atoms with E-state index in [1.807, 2.05) is 39.0 Å². The first-order chi connectivity index (χ1) is 16.3. The molecule has 1 aromatic heterocycles. The molecule has 0 radical (unpaired) electrons. The summed E-state index contributed by atoms with van der Waals surface area (Å²) in [7, 11) is 0. The van der Waals surface area contributed by atoms with E-state index in [9.17, 15) is 13.6 Å². The summed E-state index contributed by atoms with van der Waals surface area (Å²) >= 11 is 0. The Morgan fingerprint density at radius 1 is 1.18 bits per heavy atom. The van der Waals surface area contributed by atoms with E-state index >= 15 is 0 Å². The van der Waals surface area contributed by atoms with E-state index in [-0.39, 0.29) is 25.0 Å². The van der Waals surface area contributed by atoms with Crippen LogP contribution in [0.15, 0.2) is 42.5 Å². The quantitative estimate of drug-likeness (QED) is 0.469. The molecule has 1 fully saturated rings. The molecule has 2 aromatic carbocycles. The van der Waals surface area contributed by atoms with Crippen LogP contribution in [-0.4, -0.2) is 41.8 Å². The van der Waals surface area contributed by atoms with Crippen molar-refractivity contribution >= 4 is 22.8 Å². The Hall–Kier alpha value is -3.29. The number of benzene rings is 2. The third-order valence-electron chi connectivity index (χ3n) is 5.93. The predicted octanol–water partition coefficient (Wildman–Crippen LogP) is 6.14. The molecule has 0 spiro atoms. The van der Waals surface area contributed by atoms with Gasteiger partial charge in [-0.3, -0.25) is 0 Å². The monoisotopic (exact) mass is 470 g/mol. The molecule has 2 heterocycles. The first-order valence-electron chi connectivity index (χ1n) is 11.7. The highest BCUT2D eigenvalue weighted by atomic mass is 19.3. The number of piperidine rings is 1. The van der Waals surface area contributed by atoms with Crippen molar-refractivity contribution in [1.82, 2.24) is 15.3 Å². The number of ether oxygens (including phenoxy) is 1. The molecular formula is C26H32F2N4O2. The molecule has 8 heteroatoms. The molecule has 1 N–H and O–H groups in total. The molecule has 0 unspecified atom stereocenters. The first kappa shape index (κ1) is 23.9. The van der Waals surface area contributed by atoms with Crippen molar-refractivity contribution < 1.29 is 19.7 Å². The molecule has 34 heavy (non-hydrogen) atoms.